The number of nitrogens with zero attached hydrogens (tertiary/aromatic N) is 1. The fraction of sp³-hybridized carbons (Fsp3) is 0.143. The van der Waals surface area contributed by atoms with Gasteiger partial charge in [-0.1, -0.05) is 48.6 Å². The summed E-state index contributed by atoms with van der Waals surface area (Å²) in [4.78, 5) is 2.17. The standard InChI is InChI=1S/C14H14N/c1-15-12-6-5-9-14(15)11-10-13-7-3-2-4-8-13/h2-7,9-12,14H,1H3/b11-10+. The van der Waals surface area contributed by atoms with Crippen LogP contribution in [0.25, 0.3) is 6.08 Å². The molecule has 1 radical (unpaired) electrons. The van der Waals surface area contributed by atoms with Gasteiger partial charge in [-0.05, 0) is 23.9 Å². The summed E-state index contributed by atoms with van der Waals surface area (Å²) in [6, 6.07) is 11.5. The number of hydrogen-bond acceptors (Lipinski definition) is 1. The molecule has 0 aliphatic carbocycles. The molecule has 1 aliphatic rings. The molecular formula is C14H14N. The summed E-state index contributed by atoms with van der Waals surface area (Å²) in [6.07, 6.45) is 12.6. The topological polar surface area (TPSA) is 3.24 Å². The maximum absolute atomic E-state index is 3.18. The zero-order valence-electron chi connectivity index (χ0n) is 8.80. The monoisotopic (exact) mass is 196 g/mol. The third-order valence-corrected chi connectivity index (χ3v) is 2.42. The van der Waals surface area contributed by atoms with Crippen LogP contribution in [0.4, 0.5) is 0 Å². The number of hydrogen-bond donors (Lipinski definition) is 0. The van der Waals surface area contributed by atoms with Gasteiger partial charge in [0.15, 0.2) is 0 Å². The van der Waals surface area contributed by atoms with Crippen molar-refractivity contribution < 1.29 is 0 Å². The van der Waals surface area contributed by atoms with Crippen LogP contribution in [0, 0.1) is 6.07 Å². The molecule has 1 aliphatic heterocycles. The van der Waals surface area contributed by atoms with E-state index in [1.165, 1.54) is 0 Å². The van der Waals surface area contributed by atoms with E-state index in [1.54, 1.807) is 0 Å². The van der Waals surface area contributed by atoms with Gasteiger partial charge in [-0.25, -0.2) is 0 Å². The van der Waals surface area contributed by atoms with E-state index in [9.17, 15) is 0 Å². The molecule has 75 valence electrons. The second kappa shape index (κ2) is 4.65. The van der Waals surface area contributed by atoms with Gasteiger partial charge in [-0.3, -0.25) is 0 Å². The third kappa shape index (κ3) is 2.59. The lowest BCUT2D eigenvalue weighted by Crippen LogP contribution is -2.24. The Kier molecular flexibility index (Phi) is 3.03. The molecule has 0 fully saturated rings. The van der Waals surface area contributed by atoms with Gasteiger partial charge < -0.3 is 4.90 Å². The van der Waals surface area contributed by atoms with E-state index in [0.717, 1.165) is 5.56 Å². The second-order valence-electron chi connectivity index (χ2n) is 3.56. The van der Waals surface area contributed by atoms with Crippen LogP contribution in [-0.2, 0) is 0 Å². The van der Waals surface area contributed by atoms with Crippen LogP contribution in [0.1, 0.15) is 5.56 Å². The van der Waals surface area contributed by atoms with Crippen LogP contribution in [0.15, 0.2) is 54.8 Å². The van der Waals surface area contributed by atoms with E-state index in [4.69, 9.17) is 0 Å². The van der Waals surface area contributed by atoms with E-state index >= 15 is 0 Å². The molecular weight excluding hydrogens is 182 g/mol. The molecule has 1 nitrogen and oxygen atoms in total. The average Bonchev–Trinajstić information content (AvgIpc) is 2.29. The Morgan fingerprint density at radius 2 is 2.27 bits per heavy atom. The Labute approximate surface area is 91.0 Å². The van der Waals surface area contributed by atoms with E-state index in [-0.39, 0.29) is 0 Å². The fourth-order valence-corrected chi connectivity index (χ4v) is 1.51. The molecule has 0 saturated heterocycles. The van der Waals surface area contributed by atoms with E-state index < -0.39 is 0 Å². The van der Waals surface area contributed by atoms with Crippen molar-refractivity contribution in [2.24, 2.45) is 0 Å². The lowest BCUT2D eigenvalue weighted by molar-refractivity contribution is 0.434. The quantitative estimate of drug-likeness (QED) is 0.703. The molecule has 0 saturated carbocycles. The van der Waals surface area contributed by atoms with Crippen LogP contribution < -0.4 is 0 Å². The smallest absolute Gasteiger partial charge is 0.0654 e. The highest BCUT2D eigenvalue weighted by Crippen LogP contribution is 2.09. The molecule has 0 amide bonds. The lowest BCUT2D eigenvalue weighted by Gasteiger charge is -2.23. The molecule has 1 heterocycles. The Hall–Kier alpha value is -1.76. The molecule has 1 aromatic rings. The minimum absolute atomic E-state index is 0.351. The van der Waals surface area contributed by atoms with Crippen molar-refractivity contribution in [2.75, 3.05) is 7.05 Å². The molecule has 0 bridgehead atoms. The van der Waals surface area contributed by atoms with Crippen LogP contribution in [0.3, 0.4) is 0 Å². The highest BCUT2D eigenvalue weighted by atomic mass is 15.1. The normalized spacial score (nSPS) is 20.1. The second-order valence-corrected chi connectivity index (χ2v) is 3.56. The zero-order valence-corrected chi connectivity index (χ0v) is 8.80. The molecule has 1 unspecified atom stereocenters. The molecule has 0 aromatic heterocycles. The van der Waals surface area contributed by atoms with Gasteiger partial charge in [-0.2, -0.15) is 0 Å². The van der Waals surface area contributed by atoms with Crippen molar-refractivity contribution in [3.05, 3.63) is 66.4 Å². The van der Waals surface area contributed by atoms with Crippen molar-refractivity contribution in [2.45, 2.75) is 6.04 Å². The van der Waals surface area contributed by atoms with Crippen LogP contribution in [0.5, 0.6) is 0 Å². The summed E-state index contributed by atoms with van der Waals surface area (Å²) in [7, 11) is 2.07. The highest BCUT2D eigenvalue weighted by molar-refractivity contribution is 5.49. The number of likely N-dealkylation sites (N-methyl/N-ethyl adjacent to an activating group) is 1. The summed E-state index contributed by atoms with van der Waals surface area (Å²) in [6.45, 7) is 0. The molecule has 0 spiro atoms. The zero-order chi connectivity index (χ0) is 10.5. The Balaban J connectivity index is 2.06. The first kappa shape index (κ1) is 9.78. The van der Waals surface area contributed by atoms with Gasteiger partial charge in [0.25, 0.3) is 0 Å². The van der Waals surface area contributed by atoms with Gasteiger partial charge >= 0.3 is 0 Å². The highest BCUT2D eigenvalue weighted by Gasteiger charge is 2.05. The molecule has 15 heavy (non-hydrogen) atoms. The SMILES string of the molecule is CN1C=CC=CC1/C=C/c1[c]cccc1. The first-order chi connectivity index (χ1) is 7.36. The van der Waals surface area contributed by atoms with Gasteiger partial charge in [0.2, 0.25) is 0 Å². The van der Waals surface area contributed by atoms with Gasteiger partial charge in [-0.15, -0.1) is 0 Å². The molecule has 1 heteroatoms. The van der Waals surface area contributed by atoms with Gasteiger partial charge in [0.05, 0.1) is 6.04 Å². The van der Waals surface area contributed by atoms with Gasteiger partial charge in [0, 0.05) is 7.05 Å². The van der Waals surface area contributed by atoms with Crippen LogP contribution in [-0.4, -0.2) is 18.0 Å². The van der Waals surface area contributed by atoms with Gasteiger partial charge in [0.1, 0.15) is 0 Å². The van der Waals surface area contributed by atoms with Crippen molar-refractivity contribution >= 4 is 6.08 Å². The molecule has 1 aromatic carbocycles. The van der Waals surface area contributed by atoms with Crippen molar-refractivity contribution in [1.29, 1.82) is 0 Å². The first-order valence-electron chi connectivity index (χ1n) is 5.08. The van der Waals surface area contributed by atoms with Crippen molar-refractivity contribution in [3.63, 3.8) is 0 Å². The minimum Gasteiger partial charge on any atom is -0.371 e. The van der Waals surface area contributed by atoms with E-state index in [2.05, 4.69) is 54.6 Å². The van der Waals surface area contributed by atoms with E-state index in [0.29, 0.717) is 6.04 Å². The van der Waals surface area contributed by atoms with Crippen molar-refractivity contribution in [3.8, 4) is 0 Å². The Bertz CT molecular complexity index is 387. The summed E-state index contributed by atoms with van der Waals surface area (Å²) in [5.74, 6) is 0. The number of benzene rings is 1. The third-order valence-electron chi connectivity index (χ3n) is 2.42. The minimum atomic E-state index is 0.351. The molecule has 1 atom stereocenters. The maximum atomic E-state index is 3.18. The van der Waals surface area contributed by atoms with Crippen LogP contribution >= 0.6 is 0 Å². The summed E-state index contributed by atoms with van der Waals surface area (Å²) in [5, 5.41) is 0. The number of allylic oxidation sites excluding steroid dienone is 2. The van der Waals surface area contributed by atoms with E-state index in [1.807, 2.05) is 24.3 Å². The average molecular weight is 196 g/mol. The Morgan fingerprint density at radius 1 is 1.33 bits per heavy atom. The largest absolute Gasteiger partial charge is 0.371 e. The van der Waals surface area contributed by atoms with Crippen LogP contribution in [0.2, 0.25) is 0 Å². The molecule has 2 rings (SSSR count). The fourth-order valence-electron chi connectivity index (χ4n) is 1.51. The number of rotatable bonds is 2. The maximum Gasteiger partial charge on any atom is 0.0654 e. The summed E-state index contributed by atoms with van der Waals surface area (Å²) in [5.41, 5.74) is 1.12. The Morgan fingerprint density at radius 3 is 3.00 bits per heavy atom. The first-order valence-corrected chi connectivity index (χ1v) is 5.08. The summed E-state index contributed by atoms with van der Waals surface area (Å²) < 4.78 is 0. The lowest BCUT2D eigenvalue weighted by atomic mass is 10.1. The predicted molar refractivity (Wildman–Crippen MR) is 64.1 cm³/mol. The summed E-state index contributed by atoms with van der Waals surface area (Å²) >= 11 is 0. The predicted octanol–water partition coefficient (Wildman–Crippen LogP) is 2.88. The molecule has 0 N–H and O–H groups in total. The van der Waals surface area contributed by atoms with Crippen molar-refractivity contribution in [1.82, 2.24) is 4.90 Å².